The van der Waals surface area contributed by atoms with E-state index in [-0.39, 0.29) is 0 Å². The molecule has 0 radical (unpaired) electrons. The number of rotatable bonds is 7. The summed E-state index contributed by atoms with van der Waals surface area (Å²) in [4.78, 5) is 0. The summed E-state index contributed by atoms with van der Waals surface area (Å²) in [5.41, 5.74) is 1.98. The van der Waals surface area contributed by atoms with E-state index in [2.05, 4.69) is 0 Å². The third-order valence-corrected chi connectivity index (χ3v) is 2.58. The van der Waals surface area contributed by atoms with Gasteiger partial charge in [0.2, 0.25) is 0 Å². The Kier molecular flexibility index (Phi) is 6.01. The maximum Gasteiger partial charge on any atom is 0.122 e. The van der Waals surface area contributed by atoms with Crippen LogP contribution < -0.4 is 4.74 Å². The molecule has 0 fully saturated rings. The zero-order valence-electron chi connectivity index (χ0n) is 10.9. The highest BCUT2D eigenvalue weighted by molar-refractivity contribution is 5.36. The standard InChI is InChI=1S/C14H22O3/c1-4-16-8-5-9-17-14-7-6-13(12(3)15)10-11(14)2/h6-7,10,12,15H,4-5,8-9H2,1-3H3/t12-/m1/s1. The van der Waals surface area contributed by atoms with Crippen molar-refractivity contribution < 1.29 is 14.6 Å². The Morgan fingerprint density at radius 2 is 2.06 bits per heavy atom. The molecule has 0 spiro atoms. The molecule has 1 atom stereocenters. The van der Waals surface area contributed by atoms with Crippen molar-refractivity contribution >= 4 is 0 Å². The summed E-state index contributed by atoms with van der Waals surface area (Å²) in [6, 6.07) is 5.77. The van der Waals surface area contributed by atoms with E-state index in [1.165, 1.54) is 0 Å². The minimum Gasteiger partial charge on any atom is -0.493 e. The number of benzene rings is 1. The molecule has 0 amide bonds. The average Bonchev–Trinajstić information content (AvgIpc) is 2.30. The molecule has 3 nitrogen and oxygen atoms in total. The van der Waals surface area contributed by atoms with Gasteiger partial charge in [-0.25, -0.2) is 0 Å². The largest absolute Gasteiger partial charge is 0.493 e. The molecule has 1 N–H and O–H groups in total. The van der Waals surface area contributed by atoms with Crippen LogP contribution in [0.2, 0.25) is 0 Å². The lowest BCUT2D eigenvalue weighted by molar-refractivity contribution is 0.130. The maximum atomic E-state index is 9.45. The molecule has 17 heavy (non-hydrogen) atoms. The molecule has 0 saturated heterocycles. The van der Waals surface area contributed by atoms with Crippen LogP contribution >= 0.6 is 0 Å². The van der Waals surface area contributed by atoms with Crippen molar-refractivity contribution in [3.05, 3.63) is 29.3 Å². The number of hydrogen-bond donors (Lipinski definition) is 1. The van der Waals surface area contributed by atoms with Crippen molar-refractivity contribution in [2.75, 3.05) is 19.8 Å². The summed E-state index contributed by atoms with van der Waals surface area (Å²) in [5, 5.41) is 9.45. The molecule has 0 aliphatic heterocycles. The van der Waals surface area contributed by atoms with E-state index in [1.807, 2.05) is 32.0 Å². The first-order valence-electron chi connectivity index (χ1n) is 6.14. The lowest BCUT2D eigenvalue weighted by atomic mass is 10.1. The Hall–Kier alpha value is -1.06. The number of ether oxygens (including phenoxy) is 2. The fourth-order valence-electron chi connectivity index (χ4n) is 1.58. The summed E-state index contributed by atoms with van der Waals surface area (Å²) >= 11 is 0. The maximum absolute atomic E-state index is 9.45. The Morgan fingerprint density at radius 3 is 2.65 bits per heavy atom. The van der Waals surface area contributed by atoms with E-state index >= 15 is 0 Å². The highest BCUT2D eigenvalue weighted by Gasteiger charge is 2.04. The van der Waals surface area contributed by atoms with E-state index < -0.39 is 6.10 Å². The summed E-state index contributed by atoms with van der Waals surface area (Å²) in [6.07, 6.45) is 0.464. The van der Waals surface area contributed by atoms with Crippen molar-refractivity contribution in [3.63, 3.8) is 0 Å². The average molecular weight is 238 g/mol. The van der Waals surface area contributed by atoms with Crippen LogP contribution in [0.3, 0.4) is 0 Å². The highest BCUT2D eigenvalue weighted by Crippen LogP contribution is 2.22. The van der Waals surface area contributed by atoms with Crippen molar-refractivity contribution in [2.24, 2.45) is 0 Å². The monoisotopic (exact) mass is 238 g/mol. The molecule has 96 valence electrons. The van der Waals surface area contributed by atoms with Crippen LogP contribution in [0.5, 0.6) is 5.75 Å². The van der Waals surface area contributed by atoms with Gasteiger partial charge in [0.05, 0.1) is 12.7 Å². The van der Waals surface area contributed by atoms with E-state index in [1.54, 1.807) is 6.92 Å². The van der Waals surface area contributed by atoms with Gasteiger partial charge in [-0.3, -0.25) is 0 Å². The first-order valence-corrected chi connectivity index (χ1v) is 6.14. The third kappa shape index (κ3) is 4.75. The Labute approximate surface area is 103 Å². The van der Waals surface area contributed by atoms with E-state index in [4.69, 9.17) is 9.47 Å². The van der Waals surface area contributed by atoms with Crippen molar-refractivity contribution in [2.45, 2.75) is 33.3 Å². The zero-order chi connectivity index (χ0) is 12.7. The first kappa shape index (κ1) is 14.0. The fourth-order valence-corrected chi connectivity index (χ4v) is 1.58. The SMILES string of the molecule is CCOCCCOc1ccc([C@@H](C)O)cc1C. The van der Waals surface area contributed by atoms with Crippen LogP contribution in [0.1, 0.15) is 37.5 Å². The second-order valence-electron chi connectivity index (χ2n) is 4.10. The second kappa shape index (κ2) is 7.30. The summed E-state index contributed by atoms with van der Waals surface area (Å²) in [7, 11) is 0. The fraction of sp³-hybridized carbons (Fsp3) is 0.571. The second-order valence-corrected chi connectivity index (χ2v) is 4.10. The summed E-state index contributed by atoms with van der Waals surface area (Å²) in [5.74, 6) is 0.880. The van der Waals surface area contributed by atoms with Crippen LogP contribution in [0.4, 0.5) is 0 Å². The lowest BCUT2D eigenvalue weighted by Crippen LogP contribution is -2.04. The predicted molar refractivity (Wildman–Crippen MR) is 68.4 cm³/mol. The van der Waals surface area contributed by atoms with Crippen LogP contribution in [-0.2, 0) is 4.74 Å². The van der Waals surface area contributed by atoms with Crippen LogP contribution in [-0.4, -0.2) is 24.9 Å². The molecule has 0 unspecified atom stereocenters. The third-order valence-electron chi connectivity index (χ3n) is 2.58. The molecular weight excluding hydrogens is 216 g/mol. The molecule has 0 bridgehead atoms. The normalized spacial score (nSPS) is 12.5. The van der Waals surface area contributed by atoms with Gasteiger partial charge in [0, 0.05) is 19.6 Å². The highest BCUT2D eigenvalue weighted by atomic mass is 16.5. The number of aliphatic hydroxyl groups is 1. The smallest absolute Gasteiger partial charge is 0.122 e. The van der Waals surface area contributed by atoms with Crippen LogP contribution in [0.15, 0.2) is 18.2 Å². The molecule has 0 aromatic heterocycles. The van der Waals surface area contributed by atoms with E-state index in [0.717, 1.165) is 36.5 Å². The quantitative estimate of drug-likeness (QED) is 0.742. The van der Waals surface area contributed by atoms with Gasteiger partial charge in [-0.15, -0.1) is 0 Å². The van der Waals surface area contributed by atoms with Gasteiger partial charge < -0.3 is 14.6 Å². The summed E-state index contributed by atoms with van der Waals surface area (Å²) < 4.78 is 10.9. The van der Waals surface area contributed by atoms with Crippen molar-refractivity contribution in [1.82, 2.24) is 0 Å². The van der Waals surface area contributed by atoms with E-state index in [0.29, 0.717) is 6.61 Å². The molecule has 1 aromatic rings. The molecule has 1 rings (SSSR count). The summed E-state index contributed by atoms with van der Waals surface area (Å²) in [6.45, 7) is 7.89. The Balaban J connectivity index is 2.43. The minimum absolute atomic E-state index is 0.430. The molecule has 0 saturated carbocycles. The topological polar surface area (TPSA) is 38.7 Å². The number of aryl methyl sites for hydroxylation is 1. The van der Waals surface area contributed by atoms with Gasteiger partial charge in [-0.1, -0.05) is 6.07 Å². The van der Waals surface area contributed by atoms with Crippen LogP contribution in [0, 0.1) is 6.92 Å². The van der Waals surface area contributed by atoms with Gasteiger partial charge in [-0.05, 0) is 44.0 Å². The zero-order valence-corrected chi connectivity index (χ0v) is 10.9. The van der Waals surface area contributed by atoms with Crippen LogP contribution in [0.25, 0.3) is 0 Å². The number of aliphatic hydroxyl groups excluding tert-OH is 1. The van der Waals surface area contributed by atoms with Gasteiger partial charge in [0.1, 0.15) is 5.75 Å². The molecule has 0 heterocycles. The predicted octanol–water partition coefficient (Wildman–Crippen LogP) is 2.85. The van der Waals surface area contributed by atoms with Gasteiger partial charge >= 0.3 is 0 Å². The minimum atomic E-state index is -0.430. The molecule has 3 heteroatoms. The van der Waals surface area contributed by atoms with Gasteiger partial charge in [0.25, 0.3) is 0 Å². The van der Waals surface area contributed by atoms with Crippen molar-refractivity contribution in [1.29, 1.82) is 0 Å². The first-order chi connectivity index (χ1) is 8.15. The molecule has 1 aromatic carbocycles. The number of hydrogen-bond acceptors (Lipinski definition) is 3. The Morgan fingerprint density at radius 1 is 1.29 bits per heavy atom. The molecule has 0 aliphatic carbocycles. The Bertz CT molecular complexity index is 334. The van der Waals surface area contributed by atoms with E-state index in [9.17, 15) is 5.11 Å². The lowest BCUT2D eigenvalue weighted by Gasteiger charge is -2.11. The van der Waals surface area contributed by atoms with Crippen molar-refractivity contribution in [3.8, 4) is 5.75 Å². The molecular formula is C14H22O3. The van der Waals surface area contributed by atoms with Gasteiger partial charge in [0.15, 0.2) is 0 Å². The molecule has 0 aliphatic rings. The van der Waals surface area contributed by atoms with Gasteiger partial charge in [-0.2, -0.15) is 0 Å².